The molecule has 0 aromatic heterocycles. The summed E-state index contributed by atoms with van der Waals surface area (Å²) in [7, 11) is 0. The average Bonchev–Trinajstić information content (AvgIpc) is 2.57. The molecule has 0 radical (unpaired) electrons. The zero-order chi connectivity index (χ0) is 12.0. The molecule has 1 N–H and O–H groups in total. The molecule has 0 aromatic rings. The molecule has 0 aromatic carbocycles. The van der Waals surface area contributed by atoms with Crippen molar-refractivity contribution in [3.63, 3.8) is 0 Å². The van der Waals surface area contributed by atoms with Crippen molar-refractivity contribution in [2.45, 2.75) is 59.4 Å². The van der Waals surface area contributed by atoms with Crippen LogP contribution in [0.15, 0.2) is 0 Å². The Kier molecular flexibility index (Phi) is 5.77. The third-order valence-electron chi connectivity index (χ3n) is 3.77. The van der Waals surface area contributed by atoms with Crippen molar-refractivity contribution in [1.82, 2.24) is 10.2 Å². The van der Waals surface area contributed by atoms with Gasteiger partial charge in [-0.3, -0.25) is 0 Å². The van der Waals surface area contributed by atoms with E-state index in [1.165, 1.54) is 45.3 Å². The normalized spacial score (nSPS) is 22.5. The molecule has 96 valence electrons. The van der Waals surface area contributed by atoms with E-state index in [2.05, 4.69) is 37.9 Å². The minimum Gasteiger partial charge on any atom is -0.314 e. The van der Waals surface area contributed by atoms with Gasteiger partial charge in [-0.1, -0.05) is 27.7 Å². The molecule has 1 fully saturated rings. The van der Waals surface area contributed by atoms with E-state index < -0.39 is 0 Å². The molecule has 16 heavy (non-hydrogen) atoms. The second-order valence-corrected chi connectivity index (χ2v) is 6.00. The minimum absolute atomic E-state index is 0.561. The van der Waals surface area contributed by atoms with Crippen LogP contribution < -0.4 is 5.32 Å². The first-order valence-corrected chi connectivity index (χ1v) is 7.03. The van der Waals surface area contributed by atoms with E-state index in [1.807, 2.05) is 0 Å². The summed E-state index contributed by atoms with van der Waals surface area (Å²) in [5, 5.41) is 3.56. The molecule has 0 saturated carbocycles. The van der Waals surface area contributed by atoms with Crippen LogP contribution in [-0.4, -0.2) is 37.1 Å². The van der Waals surface area contributed by atoms with Crippen LogP contribution in [0.5, 0.6) is 0 Å². The first-order chi connectivity index (χ1) is 7.57. The highest BCUT2D eigenvalue weighted by molar-refractivity contribution is 4.82. The predicted octanol–water partition coefficient (Wildman–Crippen LogP) is 2.89. The van der Waals surface area contributed by atoms with E-state index >= 15 is 0 Å². The van der Waals surface area contributed by atoms with Gasteiger partial charge in [-0.15, -0.1) is 0 Å². The highest BCUT2D eigenvalue weighted by atomic mass is 15.1. The van der Waals surface area contributed by atoms with Crippen molar-refractivity contribution >= 4 is 0 Å². The Bertz CT molecular complexity index is 189. The Hall–Kier alpha value is -0.0800. The van der Waals surface area contributed by atoms with Gasteiger partial charge in [-0.2, -0.15) is 0 Å². The number of hydrogen-bond acceptors (Lipinski definition) is 2. The summed E-state index contributed by atoms with van der Waals surface area (Å²) < 4.78 is 0. The molecule has 1 unspecified atom stereocenters. The van der Waals surface area contributed by atoms with Gasteiger partial charge in [0.25, 0.3) is 0 Å². The zero-order valence-corrected chi connectivity index (χ0v) is 11.7. The van der Waals surface area contributed by atoms with Crippen molar-refractivity contribution in [3.05, 3.63) is 0 Å². The number of nitrogens with zero attached hydrogens (tertiary/aromatic N) is 1. The van der Waals surface area contributed by atoms with Crippen molar-refractivity contribution in [2.24, 2.45) is 5.41 Å². The molecular formula is C14H30N2. The molecule has 1 aliphatic heterocycles. The maximum Gasteiger partial charge on any atom is 0.00647 e. The lowest BCUT2D eigenvalue weighted by Crippen LogP contribution is -2.30. The Morgan fingerprint density at radius 3 is 2.56 bits per heavy atom. The largest absolute Gasteiger partial charge is 0.314 e. The van der Waals surface area contributed by atoms with Crippen LogP contribution in [-0.2, 0) is 0 Å². The standard InChI is InChI=1S/C14H30N2/c1-5-13(15-6-2)8-7-10-16-11-9-14(3,4)12-16/h13,15H,5-12H2,1-4H3. The van der Waals surface area contributed by atoms with Crippen LogP contribution in [0.3, 0.4) is 0 Å². The highest BCUT2D eigenvalue weighted by Gasteiger charge is 2.28. The molecule has 0 spiro atoms. The van der Waals surface area contributed by atoms with E-state index in [0.717, 1.165) is 12.6 Å². The van der Waals surface area contributed by atoms with E-state index in [4.69, 9.17) is 0 Å². The van der Waals surface area contributed by atoms with E-state index in [0.29, 0.717) is 5.41 Å². The van der Waals surface area contributed by atoms with Crippen LogP contribution in [0.4, 0.5) is 0 Å². The Labute approximate surface area is 102 Å². The highest BCUT2D eigenvalue weighted by Crippen LogP contribution is 2.28. The summed E-state index contributed by atoms with van der Waals surface area (Å²) in [4.78, 5) is 2.64. The third kappa shape index (κ3) is 4.84. The van der Waals surface area contributed by atoms with Gasteiger partial charge in [0, 0.05) is 12.6 Å². The van der Waals surface area contributed by atoms with Crippen LogP contribution in [0.1, 0.15) is 53.4 Å². The first kappa shape index (κ1) is 14.0. The molecule has 1 atom stereocenters. The van der Waals surface area contributed by atoms with Crippen molar-refractivity contribution < 1.29 is 0 Å². The van der Waals surface area contributed by atoms with E-state index in [9.17, 15) is 0 Å². The molecule has 0 bridgehead atoms. The molecule has 1 heterocycles. The monoisotopic (exact) mass is 226 g/mol. The van der Waals surface area contributed by atoms with Crippen molar-refractivity contribution in [1.29, 1.82) is 0 Å². The lowest BCUT2D eigenvalue weighted by molar-refractivity contribution is 0.279. The maximum atomic E-state index is 3.56. The zero-order valence-electron chi connectivity index (χ0n) is 11.7. The second-order valence-electron chi connectivity index (χ2n) is 6.00. The molecule has 1 saturated heterocycles. The topological polar surface area (TPSA) is 15.3 Å². The van der Waals surface area contributed by atoms with Gasteiger partial charge in [0.05, 0.1) is 0 Å². The fourth-order valence-corrected chi connectivity index (χ4v) is 2.72. The summed E-state index contributed by atoms with van der Waals surface area (Å²) in [5.41, 5.74) is 0.561. The lowest BCUT2D eigenvalue weighted by Gasteiger charge is -2.21. The second kappa shape index (κ2) is 6.61. The van der Waals surface area contributed by atoms with Gasteiger partial charge in [0.15, 0.2) is 0 Å². The van der Waals surface area contributed by atoms with Gasteiger partial charge in [-0.25, -0.2) is 0 Å². The molecule has 2 heteroatoms. The Morgan fingerprint density at radius 1 is 1.31 bits per heavy atom. The third-order valence-corrected chi connectivity index (χ3v) is 3.77. The minimum atomic E-state index is 0.561. The smallest absolute Gasteiger partial charge is 0.00647 e. The van der Waals surface area contributed by atoms with Crippen molar-refractivity contribution in [3.8, 4) is 0 Å². The maximum absolute atomic E-state index is 3.56. The fourth-order valence-electron chi connectivity index (χ4n) is 2.72. The summed E-state index contributed by atoms with van der Waals surface area (Å²) in [5.74, 6) is 0. The number of likely N-dealkylation sites (tertiary alicyclic amines) is 1. The van der Waals surface area contributed by atoms with Crippen LogP contribution >= 0.6 is 0 Å². The van der Waals surface area contributed by atoms with Gasteiger partial charge in [0.1, 0.15) is 0 Å². The van der Waals surface area contributed by atoms with Crippen LogP contribution in [0, 0.1) is 5.41 Å². The predicted molar refractivity (Wildman–Crippen MR) is 71.8 cm³/mol. The first-order valence-electron chi connectivity index (χ1n) is 7.03. The summed E-state index contributed by atoms with van der Waals surface area (Å²) in [6.07, 6.45) is 5.32. The van der Waals surface area contributed by atoms with Crippen molar-refractivity contribution in [2.75, 3.05) is 26.2 Å². The number of nitrogens with one attached hydrogen (secondary N) is 1. The SMILES string of the molecule is CCNC(CC)CCCN1CCC(C)(C)C1. The molecule has 0 amide bonds. The summed E-state index contributed by atoms with van der Waals surface area (Å²) in [6, 6.07) is 0.737. The number of hydrogen-bond donors (Lipinski definition) is 1. The quantitative estimate of drug-likeness (QED) is 0.718. The number of rotatable bonds is 7. The van der Waals surface area contributed by atoms with Crippen LogP contribution in [0.2, 0.25) is 0 Å². The molecular weight excluding hydrogens is 196 g/mol. The molecule has 1 rings (SSSR count). The molecule has 2 nitrogen and oxygen atoms in total. The molecule has 1 aliphatic rings. The molecule has 0 aliphatic carbocycles. The summed E-state index contributed by atoms with van der Waals surface area (Å²) in [6.45, 7) is 14.3. The van der Waals surface area contributed by atoms with E-state index in [1.54, 1.807) is 0 Å². The average molecular weight is 226 g/mol. The van der Waals surface area contributed by atoms with Crippen LogP contribution in [0.25, 0.3) is 0 Å². The summed E-state index contributed by atoms with van der Waals surface area (Å²) >= 11 is 0. The Balaban J connectivity index is 2.11. The van der Waals surface area contributed by atoms with Gasteiger partial charge >= 0.3 is 0 Å². The van der Waals surface area contributed by atoms with E-state index in [-0.39, 0.29) is 0 Å². The van der Waals surface area contributed by atoms with Gasteiger partial charge < -0.3 is 10.2 Å². The lowest BCUT2D eigenvalue weighted by atomic mass is 9.93. The van der Waals surface area contributed by atoms with Gasteiger partial charge in [-0.05, 0) is 50.7 Å². The Morgan fingerprint density at radius 2 is 2.06 bits per heavy atom. The van der Waals surface area contributed by atoms with Gasteiger partial charge in [0.2, 0.25) is 0 Å². The fraction of sp³-hybridized carbons (Fsp3) is 1.00.